The van der Waals surface area contributed by atoms with Gasteiger partial charge in [0.25, 0.3) is 0 Å². The summed E-state index contributed by atoms with van der Waals surface area (Å²) in [6.45, 7) is 0. The number of rotatable bonds is 1. The van der Waals surface area contributed by atoms with Crippen LogP contribution in [0.1, 0.15) is 38.5 Å². The molecule has 1 aliphatic carbocycles. The van der Waals surface area contributed by atoms with Crippen molar-refractivity contribution in [3.63, 3.8) is 0 Å². The average Bonchev–Trinajstić information content (AvgIpc) is 2.75. The SMILES string of the molecule is O=C(O)C1CC2(NOC=C2O)OOC12CCCCC2. The summed E-state index contributed by atoms with van der Waals surface area (Å²) >= 11 is 0. The molecule has 2 spiro atoms. The van der Waals surface area contributed by atoms with Crippen LogP contribution in [0.3, 0.4) is 0 Å². The summed E-state index contributed by atoms with van der Waals surface area (Å²) in [5, 5.41) is 19.2. The van der Waals surface area contributed by atoms with Crippen LogP contribution in [0.15, 0.2) is 12.0 Å². The summed E-state index contributed by atoms with van der Waals surface area (Å²) in [6.07, 6.45) is 5.40. The van der Waals surface area contributed by atoms with E-state index in [1.54, 1.807) is 0 Å². The van der Waals surface area contributed by atoms with Crippen LogP contribution in [0.25, 0.3) is 0 Å². The first-order valence-corrected chi connectivity index (χ1v) is 6.50. The normalized spacial score (nSPS) is 37.1. The highest BCUT2D eigenvalue weighted by atomic mass is 17.2. The predicted octanol–water partition coefficient (Wildman–Crippen LogP) is 1.37. The Kier molecular flexibility index (Phi) is 2.92. The van der Waals surface area contributed by atoms with E-state index in [0.29, 0.717) is 12.8 Å². The number of carbonyl (C=O) groups is 1. The quantitative estimate of drug-likeness (QED) is 0.620. The zero-order chi connectivity index (χ0) is 13.5. The van der Waals surface area contributed by atoms with Crippen LogP contribution in [-0.2, 0) is 19.4 Å². The molecule has 3 rings (SSSR count). The van der Waals surface area contributed by atoms with Crippen molar-refractivity contribution in [1.82, 2.24) is 5.48 Å². The summed E-state index contributed by atoms with van der Waals surface area (Å²) in [4.78, 5) is 27.1. The zero-order valence-electron chi connectivity index (χ0n) is 10.4. The van der Waals surface area contributed by atoms with Crippen molar-refractivity contribution in [3.8, 4) is 0 Å². The fraction of sp³-hybridized carbons (Fsp3) is 0.750. The molecule has 2 unspecified atom stereocenters. The van der Waals surface area contributed by atoms with Crippen molar-refractivity contribution in [3.05, 3.63) is 12.0 Å². The van der Waals surface area contributed by atoms with Gasteiger partial charge in [-0.2, -0.15) is 0 Å². The minimum atomic E-state index is -1.40. The van der Waals surface area contributed by atoms with Crippen molar-refractivity contribution in [2.75, 3.05) is 0 Å². The molecular weight excluding hydrogens is 254 g/mol. The minimum absolute atomic E-state index is 0.0741. The smallest absolute Gasteiger partial charge is 0.309 e. The Labute approximate surface area is 110 Å². The van der Waals surface area contributed by atoms with E-state index in [-0.39, 0.29) is 12.2 Å². The Bertz CT molecular complexity index is 416. The number of aliphatic carboxylic acids is 1. The molecule has 2 heterocycles. The second-order valence-electron chi connectivity index (χ2n) is 5.44. The van der Waals surface area contributed by atoms with Crippen LogP contribution in [0.4, 0.5) is 0 Å². The summed E-state index contributed by atoms with van der Waals surface area (Å²) < 4.78 is 0. The van der Waals surface area contributed by atoms with Crippen LogP contribution in [-0.4, -0.2) is 27.5 Å². The van der Waals surface area contributed by atoms with Crippen molar-refractivity contribution in [2.45, 2.75) is 49.9 Å². The molecule has 1 saturated heterocycles. The van der Waals surface area contributed by atoms with Crippen LogP contribution in [0, 0.1) is 5.92 Å². The van der Waals surface area contributed by atoms with E-state index < -0.39 is 23.2 Å². The van der Waals surface area contributed by atoms with Gasteiger partial charge in [0.05, 0.1) is 5.92 Å². The molecule has 0 amide bonds. The second-order valence-corrected chi connectivity index (χ2v) is 5.44. The molecule has 2 aliphatic heterocycles. The maximum atomic E-state index is 11.6. The maximum Gasteiger partial charge on any atom is 0.309 e. The predicted molar refractivity (Wildman–Crippen MR) is 61.4 cm³/mol. The lowest BCUT2D eigenvalue weighted by Gasteiger charge is -2.47. The van der Waals surface area contributed by atoms with Gasteiger partial charge in [0.1, 0.15) is 5.60 Å². The lowest BCUT2D eigenvalue weighted by Crippen LogP contribution is -2.60. The Balaban J connectivity index is 1.87. The average molecular weight is 271 g/mol. The third-order valence-corrected chi connectivity index (χ3v) is 4.28. The van der Waals surface area contributed by atoms with Gasteiger partial charge in [-0.1, -0.05) is 19.3 Å². The summed E-state index contributed by atoms with van der Waals surface area (Å²) in [5.41, 5.74) is 0.287. The van der Waals surface area contributed by atoms with Crippen molar-refractivity contribution in [1.29, 1.82) is 0 Å². The number of carboxylic acids is 1. The molecule has 2 atom stereocenters. The number of carboxylic acid groups (broad SMARTS) is 1. The Morgan fingerprint density at radius 3 is 2.63 bits per heavy atom. The highest BCUT2D eigenvalue weighted by Crippen LogP contribution is 2.47. The van der Waals surface area contributed by atoms with Crippen LogP contribution >= 0.6 is 0 Å². The first kappa shape index (κ1) is 12.7. The molecule has 0 aromatic rings. The number of aliphatic hydroxyl groups is 1. The van der Waals surface area contributed by atoms with Gasteiger partial charge in [0, 0.05) is 6.42 Å². The van der Waals surface area contributed by atoms with E-state index in [1.165, 1.54) is 0 Å². The van der Waals surface area contributed by atoms with Gasteiger partial charge in [-0.25, -0.2) is 9.78 Å². The molecule has 0 radical (unpaired) electrons. The Morgan fingerprint density at radius 1 is 1.32 bits per heavy atom. The molecular formula is C12H17NO6. The fourth-order valence-electron chi connectivity index (χ4n) is 3.15. The molecule has 2 fully saturated rings. The molecule has 106 valence electrons. The molecule has 1 saturated carbocycles. The number of hydrogen-bond acceptors (Lipinski definition) is 6. The summed E-state index contributed by atoms with van der Waals surface area (Å²) in [5.74, 6) is -1.89. The second kappa shape index (κ2) is 4.36. The van der Waals surface area contributed by atoms with Gasteiger partial charge in [0.2, 0.25) is 5.72 Å². The van der Waals surface area contributed by atoms with E-state index in [1.807, 2.05) is 0 Å². The minimum Gasteiger partial charge on any atom is -0.505 e. The molecule has 0 bridgehead atoms. The number of aliphatic hydroxyl groups excluding tert-OH is 1. The highest BCUT2D eigenvalue weighted by Gasteiger charge is 2.59. The standard InChI is InChI=1S/C12H17NO6/c14-9-7-17-13-12(9)6-8(10(15)16)11(18-19-12)4-2-1-3-5-11/h7-8,13-14H,1-6H2,(H,15,16). The van der Waals surface area contributed by atoms with E-state index in [4.69, 9.17) is 14.6 Å². The van der Waals surface area contributed by atoms with Gasteiger partial charge in [-0.3, -0.25) is 4.79 Å². The fourth-order valence-corrected chi connectivity index (χ4v) is 3.15. The monoisotopic (exact) mass is 271 g/mol. The topological polar surface area (TPSA) is 97.3 Å². The summed E-state index contributed by atoms with van der Waals surface area (Å²) in [6, 6.07) is 0. The van der Waals surface area contributed by atoms with Gasteiger partial charge >= 0.3 is 5.97 Å². The zero-order valence-corrected chi connectivity index (χ0v) is 10.4. The van der Waals surface area contributed by atoms with Gasteiger partial charge in [0.15, 0.2) is 12.0 Å². The third kappa shape index (κ3) is 1.89. The lowest BCUT2D eigenvalue weighted by molar-refractivity contribution is -0.461. The number of hydrogen-bond donors (Lipinski definition) is 3. The molecule has 0 aromatic heterocycles. The molecule has 7 heteroatoms. The lowest BCUT2D eigenvalue weighted by atomic mass is 9.72. The number of hydroxylamine groups is 1. The van der Waals surface area contributed by atoms with Crippen molar-refractivity contribution in [2.24, 2.45) is 5.92 Å². The number of nitrogens with one attached hydrogen (secondary N) is 1. The van der Waals surface area contributed by atoms with Crippen LogP contribution in [0.5, 0.6) is 0 Å². The molecule has 3 aliphatic rings. The molecule has 19 heavy (non-hydrogen) atoms. The summed E-state index contributed by atoms with van der Waals surface area (Å²) in [7, 11) is 0. The Hall–Kier alpha value is -1.31. The Morgan fingerprint density at radius 2 is 2.05 bits per heavy atom. The van der Waals surface area contributed by atoms with Gasteiger partial charge in [-0.05, 0) is 12.8 Å². The van der Waals surface area contributed by atoms with E-state index in [2.05, 4.69) is 5.48 Å². The highest BCUT2D eigenvalue weighted by molar-refractivity contribution is 5.72. The first-order valence-electron chi connectivity index (χ1n) is 6.50. The van der Waals surface area contributed by atoms with Gasteiger partial charge in [-0.15, -0.1) is 5.48 Å². The third-order valence-electron chi connectivity index (χ3n) is 4.28. The maximum absolute atomic E-state index is 11.6. The molecule has 7 nitrogen and oxygen atoms in total. The van der Waals surface area contributed by atoms with E-state index in [0.717, 1.165) is 25.5 Å². The van der Waals surface area contributed by atoms with Crippen molar-refractivity contribution < 1.29 is 29.6 Å². The van der Waals surface area contributed by atoms with E-state index >= 15 is 0 Å². The largest absolute Gasteiger partial charge is 0.505 e. The van der Waals surface area contributed by atoms with Gasteiger partial charge < -0.3 is 15.1 Å². The van der Waals surface area contributed by atoms with Crippen molar-refractivity contribution >= 4 is 5.97 Å². The van der Waals surface area contributed by atoms with Crippen LogP contribution < -0.4 is 5.48 Å². The van der Waals surface area contributed by atoms with Crippen LogP contribution in [0.2, 0.25) is 0 Å². The molecule has 3 N–H and O–H groups in total. The molecule has 0 aromatic carbocycles. The van der Waals surface area contributed by atoms with E-state index in [9.17, 15) is 15.0 Å². The first-order chi connectivity index (χ1) is 9.08.